The monoisotopic (exact) mass is 527 g/mol. The number of aromatic nitrogens is 2. The van der Waals surface area contributed by atoms with Crippen molar-refractivity contribution in [3.8, 4) is 5.75 Å². The molecule has 1 aliphatic rings. The highest BCUT2D eigenvalue weighted by molar-refractivity contribution is 6.21. The first-order valence-corrected chi connectivity index (χ1v) is 13.1. The first-order valence-electron chi connectivity index (χ1n) is 13.1. The van der Waals surface area contributed by atoms with E-state index in [1.165, 1.54) is 4.90 Å². The number of fused-ring (bicyclic) bond motifs is 4. The molecule has 2 aromatic carbocycles. The number of hydrogen-bond acceptors (Lipinski definition) is 6. The number of hydrogen-bond donors (Lipinski definition) is 1. The minimum Gasteiger partial charge on any atom is -0.491 e. The molecular formula is C31H33N3O5. The zero-order valence-electron chi connectivity index (χ0n) is 23.1. The minimum atomic E-state index is -1.27. The van der Waals surface area contributed by atoms with Crippen LogP contribution in [0, 0.1) is 12.8 Å². The van der Waals surface area contributed by atoms with Crippen molar-refractivity contribution in [3.05, 3.63) is 81.4 Å². The standard InChI is InChI=1S/C31H33N3O5/c1-17(2)13-19(34-28(35)21-9-7-8-10-22(21)29(34)36)16-39-26-15-25-23(14-24(26)31(4,5)38)20-11-12-32-18(3)27(20)30(37)33(25)6/h7-12,14-15,17,19,38H,13,16H2,1-6H3. The van der Waals surface area contributed by atoms with Gasteiger partial charge in [0.25, 0.3) is 17.4 Å². The fourth-order valence-electron chi connectivity index (χ4n) is 5.52. The number of ether oxygens (including phenoxy) is 1. The molecule has 39 heavy (non-hydrogen) atoms. The van der Waals surface area contributed by atoms with Gasteiger partial charge in [-0.15, -0.1) is 0 Å². The van der Waals surface area contributed by atoms with Crippen LogP contribution in [-0.2, 0) is 12.6 Å². The minimum absolute atomic E-state index is 0.0444. The second kappa shape index (κ2) is 9.61. The molecule has 5 rings (SSSR count). The molecular weight excluding hydrogens is 494 g/mol. The lowest BCUT2D eigenvalue weighted by Gasteiger charge is -2.29. The van der Waals surface area contributed by atoms with Gasteiger partial charge < -0.3 is 14.4 Å². The molecule has 0 fully saturated rings. The molecule has 0 saturated carbocycles. The number of imide groups is 1. The average molecular weight is 528 g/mol. The van der Waals surface area contributed by atoms with Crippen LogP contribution < -0.4 is 10.3 Å². The van der Waals surface area contributed by atoms with Crippen molar-refractivity contribution < 1.29 is 19.4 Å². The molecule has 8 nitrogen and oxygen atoms in total. The molecule has 0 aliphatic carbocycles. The number of nitrogens with zero attached hydrogens (tertiary/aromatic N) is 3. The molecule has 2 aromatic heterocycles. The second-order valence-electron chi connectivity index (χ2n) is 11.2. The molecule has 1 atom stereocenters. The molecule has 1 N–H and O–H groups in total. The van der Waals surface area contributed by atoms with Gasteiger partial charge >= 0.3 is 0 Å². The van der Waals surface area contributed by atoms with E-state index in [-0.39, 0.29) is 29.9 Å². The number of rotatable bonds is 7. The van der Waals surface area contributed by atoms with Gasteiger partial charge in [0, 0.05) is 30.3 Å². The molecule has 2 amide bonds. The maximum absolute atomic E-state index is 13.2. The van der Waals surface area contributed by atoms with Crippen molar-refractivity contribution >= 4 is 33.5 Å². The quantitative estimate of drug-likeness (QED) is 0.276. The van der Waals surface area contributed by atoms with E-state index in [2.05, 4.69) is 4.98 Å². The molecule has 0 saturated heterocycles. The summed E-state index contributed by atoms with van der Waals surface area (Å²) in [5, 5.41) is 13.2. The molecule has 0 radical (unpaired) electrons. The van der Waals surface area contributed by atoms with Crippen LogP contribution in [0.2, 0.25) is 0 Å². The molecule has 4 aromatic rings. The third-order valence-corrected chi connectivity index (χ3v) is 7.43. The topological polar surface area (TPSA) is 102 Å². The number of benzene rings is 2. The lowest BCUT2D eigenvalue weighted by molar-refractivity contribution is 0.0488. The number of carbonyl (C=O) groups is 2. The highest BCUT2D eigenvalue weighted by Crippen LogP contribution is 2.37. The summed E-state index contributed by atoms with van der Waals surface area (Å²) in [6.07, 6.45) is 2.22. The van der Waals surface area contributed by atoms with E-state index in [0.29, 0.717) is 45.5 Å². The Kier molecular flexibility index (Phi) is 6.55. The van der Waals surface area contributed by atoms with Gasteiger partial charge in [0.05, 0.1) is 39.4 Å². The Morgan fingerprint density at radius 2 is 1.64 bits per heavy atom. The number of carbonyl (C=O) groups excluding carboxylic acids is 2. The predicted octanol–water partition coefficient (Wildman–Crippen LogP) is 4.71. The summed E-state index contributed by atoms with van der Waals surface area (Å²) in [5.41, 5.74) is 1.16. The number of aliphatic hydroxyl groups is 1. The Bertz CT molecular complexity index is 1660. The summed E-state index contributed by atoms with van der Waals surface area (Å²) in [4.78, 5) is 45.3. The summed E-state index contributed by atoms with van der Waals surface area (Å²) in [6, 6.07) is 11.7. The van der Waals surface area contributed by atoms with E-state index >= 15 is 0 Å². The van der Waals surface area contributed by atoms with E-state index in [1.54, 1.807) is 68.9 Å². The van der Waals surface area contributed by atoms with Gasteiger partial charge in [-0.3, -0.25) is 24.3 Å². The maximum Gasteiger partial charge on any atom is 0.261 e. The predicted molar refractivity (Wildman–Crippen MR) is 150 cm³/mol. The third kappa shape index (κ3) is 4.48. The fraction of sp³-hybridized carbons (Fsp3) is 0.355. The Morgan fingerprint density at radius 3 is 2.23 bits per heavy atom. The molecule has 202 valence electrons. The number of amides is 2. The summed E-state index contributed by atoms with van der Waals surface area (Å²) in [5.74, 6) is -0.0781. The van der Waals surface area contributed by atoms with Crippen LogP contribution in [0.5, 0.6) is 5.75 Å². The zero-order valence-corrected chi connectivity index (χ0v) is 23.1. The number of aryl methyl sites for hydroxylation is 2. The van der Waals surface area contributed by atoms with Gasteiger partial charge in [0.15, 0.2) is 0 Å². The second-order valence-corrected chi connectivity index (χ2v) is 11.2. The molecule has 0 bridgehead atoms. The summed E-state index contributed by atoms with van der Waals surface area (Å²) in [6.45, 7) is 9.25. The van der Waals surface area contributed by atoms with Crippen molar-refractivity contribution in [2.24, 2.45) is 13.0 Å². The summed E-state index contributed by atoms with van der Waals surface area (Å²) in [7, 11) is 1.70. The largest absolute Gasteiger partial charge is 0.491 e. The molecule has 1 unspecified atom stereocenters. The maximum atomic E-state index is 13.2. The van der Waals surface area contributed by atoms with Crippen molar-refractivity contribution in [1.82, 2.24) is 14.5 Å². The van der Waals surface area contributed by atoms with Crippen molar-refractivity contribution in [3.63, 3.8) is 0 Å². The molecule has 1 aliphatic heterocycles. The SMILES string of the molecule is Cc1nccc2c1c(=O)n(C)c1cc(OCC(CC(C)C)N3C(=O)c4ccccc4C3=O)c(C(C)(C)O)cc21. The third-order valence-electron chi connectivity index (χ3n) is 7.43. The van der Waals surface area contributed by atoms with Gasteiger partial charge in [0.2, 0.25) is 0 Å². The highest BCUT2D eigenvalue weighted by atomic mass is 16.5. The average Bonchev–Trinajstić information content (AvgIpc) is 3.13. The number of pyridine rings is 2. The van der Waals surface area contributed by atoms with Crippen molar-refractivity contribution in [2.45, 2.75) is 52.7 Å². The summed E-state index contributed by atoms with van der Waals surface area (Å²) < 4.78 is 7.90. The van der Waals surface area contributed by atoms with Crippen LogP contribution in [0.15, 0.2) is 53.5 Å². The van der Waals surface area contributed by atoms with Crippen LogP contribution in [0.4, 0.5) is 0 Å². The van der Waals surface area contributed by atoms with E-state index < -0.39 is 11.6 Å². The Labute approximate surface area is 226 Å². The Balaban J connectivity index is 1.60. The lowest BCUT2D eigenvalue weighted by Crippen LogP contribution is -2.44. The molecule has 8 heteroatoms. The van der Waals surface area contributed by atoms with Gasteiger partial charge in [-0.25, -0.2) is 0 Å². The van der Waals surface area contributed by atoms with Crippen LogP contribution in [-0.4, -0.2) is 44.0 Å². The summed E-state index contributed by atoms with van der Waals surface area (Å²) >= 11 is 0. The smallest absolute Gasteiger partial charge is 0.261 e. The molecule has 3 heterocycles. The van der Waals surface area contributed by atoms with Gasteiger partial charge in [0.1, 0.15) is 12.4 Å². The first-order chi connectivity index (χ1) is 18.4. The van der Waals surface area contributed by atoms with E-state index in [0.717, 1.165) is 10.8 Å². The lowest BCUT2D eigenvalue weighted by atomic mass is 9.93. The van der Waals surface area contributed by atoms with E-state index in [1.807, 2.05) is 26.0 Å². The normalized spacial score (nSPS) is 14.5. The van der Waals surface area contributed by atoms with E-state index in [9.17, 15) is 19.5 Å². The van der Waals surface area contributed by atoms with Gasteiger partial charge in [-0.1, -0.05) is 26.0 Å². The van der Waals surface area contributed by atoms with Crippen LogP contribution in [0.25, 0.3) is 21.7 Å². The molecule has 0 spiro atoms. The zero-order chi connectivity index (χ0) is 28.2. The van der Waals surface area contributed by atoms with Crippen molar-refractivity contribution in [2.75, 3.05) is 6.61 Å². The Morgan fingerprint density at radius 1 is 1.00 bits per heavy atom. The highest BCUT2D eigenvalue weighted by Gasteiger charge is 2.40. The van der Waals surface area contributed by atoms with Crippen LogP contribution in [0.1, 0.15) is 66.1 Å². The van der Waals surface area contributed by atoms with Crippen molar-refractivity contribution in [1.29, 1.82) is 0 Å². The van der Waals surface area contributed by atoms with Crippen LogP contribution in [0.3, 0.4) is 0 Å². The van der Waals surface area contributed by atoms with Gasteiger partial charge in [-0.2, -0.15) is 0 Å². The van der Waals surface area contributed by atoms with Crippen LogP contribution >= 0.6 is 0 Å². The van der Waals surface area contributed by atoms with Gasteiger partial charge in [-0.05, 0) is 62.8 Å². The fourth-order valence-corrected chi connectivity index (χ4v) is 5.52. The first kappa shape index (κ1) is 26.6. The van der Waals surface area contributed by atoms with E-state index in [4.69, 9.17) is 4.74 Å². The Hall–Kier alpha value is -4.04.